The first-order valence-electron chi connectivity index (χ1n) is 14.1. The van der Waals surface area contributed by atoms with Gasteiger partial charge in [0.25, 0.3) is 5.91 Å². The highest BCUT2D eigenvalue weighted by Gasteiger charge is 2.20. The zero-order valence-electron chi connectivity index (χ0n) is 22.4. The van der Waals surface area contributed by atoms with Gasteiger partial charge >= 0.3 is 0 Å². The van der Waals surface area contributed by atoms with E-state index in [1.54, 1.807) is 0 Å². The third kappa shape index (κ3) is 8.02. The first kappa shape index (κ1) is 28.1. The molecule has 0 aliphatic carbocycles. The van der Waals surface area contributed by atoms with E-state index >= 15 is 0 Å². The summed E-state index contributed by atoms with van der Waals surface area (Å²) in [5, 5.41) is 5.77. The van der Waals surface area contributed by atoms with Gasteiger partial charge in [-0.15, -0.1) is 11.8 Å². The summed E-state index contributed by atoms with van der Waals surface area (Å²) < 4.78 is 2.28. The summed E-state index contributed by atoms with van der Waals surface area (Å²) in [6.07, 6.45) is 10.3. The molecule has 0 saturated carbocycles. The molecule has 1 unspecified atom stereocenters. The molecule has 6 heteroatoms. The molecule has 37 heavy (non-hydrogen) atoms. The minimum Gasteiger partial charge on any atom is -0.352 e. The lowest BCUT2D eigenvalue weighted by molar-refractivity contribution is 0.0947. The molecule has 0 radical (unpaired) electrons. The molecule has 1 atom stereocenters. The van der Waals surface area contributed by atoms with Gasteiger partial charge in [0.05, 0.1) is 5.56 Å². The number of aryl methyl sites for hydroxylation is 1. The zero-order valence-corrected chi connectivity index (χ0v) is 24.0. The van der Waals surface area contributed by atoms with Crippen LogP contribution in [0.4, 0.5) is 0 Å². The van der Waals surface area contributed by atoms with Crippen LogP contribution in [0, 0.1) is 5.92 Å². The smallest absolute Gasteiger partial charge is 0.253 e. The Kier molecular flexibility index (Phi) is 10.8. The van der Waals surface area contributed by atoms with Crippen LogP contribution in [0.1, 0.15) is 69.2 Å². The summed E-state index contributed by atoms with van der Waals surface area (Å²) in [4.78, 5) is 17.0. The number of halogens is 1. The Hall–Kier alpha value is -1.95. The summed E-state index contributed by atoms with van der Waals surface area (Å²) in [6.45, 7) is 9.55. The number of nitrogens with one attached hydrogen (secondary N) is 1. The van der Waals surface area contributed by atoms with Crippen molar-refractivity contribution >= 4 is 40.2 Å². The number of fused-ring (bicyclic) bond motifs is 1. The van der Waals surface area contributed by atoms with Gasteiger partial charge in [-0.2, -0.15) is 0 Å². The van der Waals surface area contributed by atoms with Gasteiger partial charge in [-0.25, -0.2) is 0 Å². The lowest BCUT2D eigenvalue weighted by Gasteiger charge is -2.31. The van der Waals surface area contributed by atoms with Gasteiger partial charge in [0.2, 0.25) is 0 Å². The maximum atomic E-state index is 13.1. The summed E-state index contributed by atoms with van der Waals surface area (Å²) in [6, 6.07) is 16.5. The minimum atomic E-state index is 0.0603. The fraction of sp³-hybridized carbons (Fsp3) is 0.516. The molecular weight excluding hydrogens is 498 g/mol. The quantitative estimate of drug-likeness (QED) is 0.240. The number of piperidine rings is 1. The van der Waals surface area contributed by atoms with Crippen molar-refractivity contribution in [2.75, 3.05) is 26.2 Å². The highest BCUT2D eigenvalue weighted by molar-refractivity contribution is 8.00. The van der Waals surface area contributed by atoms with E-state index in [0.717, 1.165) is 67.1 Å². The average Bonchev–Trinajstić information content (AvgIpc) is 3.30. The molecule has 1 aromatic heterocycles. The van der Waals surface area contributed by atoms with Crippen LogP contribution in [-0.2, 0) is 6.54 Å². The van der Waals surface area contributed by atoms with Gasteiger partial charge in [-0.05, 0) is 81.6 Å². The Morgan fingerprint density at radius 1 is 1.05 bits per heavy atom. The molecule has 4 nitrogen and oxygen atoms in total. The molecule has 0 spiro atoms. The normalized spacial score (nSPS) is 15.8. The van der Waals surface area contributed by atoms with E-state index in [1.807, 2.05) is 30.0 Å². The van der Waals surface area contributed by atoms with Crippen molar-refractivity contribution in [3.05, 3.63) is 65.3 Å². The fourth-order valence-corrected chi connectivity index (χ4v) is 6.56. The average molecular weight is 540 g/mol. The Morgan fingerprint density at radius 3 is 2.54 bits per heavy atom. The van der Waals surface area contributed by atoms with Crippen LogP contribution in [0.2, 0.25) is 5.02 Å². The maximum absolute atomic E-state index is 13.1. The predicted octanol–water partition coefficient (Wildman–Crippen LogP) is 7.89. The van der Waals surface area contributed by atoms with Gasteiger partial charge in [0.15, 0.2) is 0 Å². The van der Waals surface area contributed by atoms with Crippen molar-refractivity contribution in [3.8, 4) is 0 Å². The number of hydrogen-bond donors (Lipinski definition) is 1. The number of carbonyl (C=O) groups excluding carboxylic acids is 1. The summed E-state index contributed by atoms with van der Waals surface area (Å²) >= 11 is 8.01. The van der Waals surface area contributed by atoms with Crippen LogP contribution in [0.3, 0.4) is 0 Å². The minimum absolute atomic E-state index is 0.0603. The SMILES string of the molecule is CCCCC(CC)CNC(=O)c1cn(CCCN2CCC(Sc3ccc(Cl)cc3)CC2)c2ccccc12. The third-order valence-electron chi connectivity index (χ3n) is 7.65. The second kappa shape index (κ2) is 14.3. The molecule has 1 N–H and O–H groups in total. The molecule has 200 valence electrons. The predicted molar refractivity (Wildman–Crippen MR) is 159 cm³/mol. The van der Waals surface area contributed by atoms with Crippen LogP contribution in [0.25, 0.3) is 10.9 Å². The van der Waals surface area contributed by atoms with Gasteiger partial charge in [-0.1, -0.05) is 62.9 Å². The van der Waals surface area contributed by atoms with Crippen LogP contribution in [0.15, 0.2) is 59.6 Å². The molecule has 3 aromatic rings. The molecule has 4 rings (SSSR count). The number of thioether (sulfide) groups is 1. The fourth-order valence-electron chi connectivity index (χ4n) is 5.31. The number of benzene rings is 2. The maximum Gasteiger partial charge on any atom is 0.253 e. The van der Waals surface area contributed by atoms with Gasteiger partial charge in [0, 0.05) is 45.4 Å². The largest absolute Gasteiger partial charge is 0.352 e. The van der Waals surface area contributed by atoms with Gasteiger partial charge < -0.3 is 14.8 Å². The van der Waals surface area contributed by atoms with Crippen molar-refractivity contribution in [1.29, 1.82) is 0 Å². The molecule has 1 saturated heterocycles. The summed E-state index contributed by atoms with van der Waals surface area (Å²) in [7, 11) is 0. The molecule has 1 fully saturated rings. The van der Waals surface area contributed by atoms with E-state index in [4.69, 9.17) is 11.6 Å². The summed E-state index contributed by atoms with van der Waals surface area (Å²) in [5.41, 5.74) is 1.96. The Labute approximate surface area is 232 Å². The van der Waals surface area contributed by atoms with Crippen LogP contribution in [0.5, 0.6) is 0 Å². The Balaban J connectivity index is 1.27. The zero-order chi connectivity index (χ0) is 26.0. The Bertz CT molecular complexity index is 1120. The first-order valence-corrected chi connectivity index (χ1v) is 15.3. The molecule has 2 aromatic carbocycles. The van der Waals surface area contributed by atoms with E-state index in [0.29, 0.717) is 11.2 Å². The van der Waals surface area contributed by atoms with Crippen molar-refractivity contribution < 1.29 is 4.79 Å². The van der Waals surface area contributed by atoms with Gasteiger partial charge in [-0.3, -0.25) is 4.79 Å². The molecule has 1 aliphatic heterocycles. The molecule has 1 aliphatic rings. The van der Waals surface area contributed by atoms with Crippen molar-refractivity contribution in [2.24, 2.45) is 5.92 Å². The number of nitrogens with zero attached hydrogens (tertiary/aromatic N) is 2. The third-order valence-corrected chi connectivity index (χ3v) is 9.25. The van der Waals surface area contributed by atoms with Crippen LogP contribution < -0.4 is 5.32 Å². The van der Waals surface area contributed by atoms with E-state index in [1.165, 1.54) is 37.0 Å². The lowest BCUT2D eigenvalue weighted by atomic mass is 9.99. The number of rotatable bonds is 13. The first-order chi connectivity index (χ1) is 18.1. The van der Waals surface area contributed by atoms with E-state index in [2.05, 4.69) is 65.2 Å². The van der Waals surface area contributed by atoms with Crippen molar-refractivity contribution in [3.63, 3.8) is 0 Å². The highest BCUT2D eigenvalue weighted by atomic mass is 35.5. The molecule has 2 heterocycles. The standard InChI is InChI=1S/C31H42ClN3OS/c1-3-5-9-24(4-2)22-33-31(36)29-23-35(30-11-7-6-10-28(29)30)19-8-18-34-20-16-27(17-21-34)37-26-14-12-25(32)13-15-26/h6-7,10-15,23-24,27H,3-5,8-9,16-22H2,1-2H3,(H,33,36). The van der Waals surface area contributed by atoms with E-state index in [9.17, 15) is 4.79 Å². The lowest BCUT2D eigenvalue weighted by Crippen LogP contribution is -2.35. The van der Waals surface area contributed by atoms with Crippen LogP contribution >= 0.6 is 23.4 Å². The Morgan fingerprint density at radius 2 is 1.81 bits per heavy atom. The number of unbranched alkanes of at least 4 members (excludes halogenated alkanes) is 1. The number of carbonyl (C=O) groups is 1. The number of para-hydroxylation sites is 1. The van der Waals surface area contributed by atoms with E-state index in [-0.39, 0.29) is 5.91 Å². The second-order valence-electron chi connectivity index (χ2n) is 10.3. The van der Waals surface area contributed by atoms with Gasteiger partial charge in [0.1, 0.15) is 0 Å². The molecular formula is C31H42ClN3OS. The summed E-state index contributed by atoms with van der Waals surface area (Å²) in [5.74, 6) is 0.621. The molecule has 0 bridgehead atoms. The van der Waals surface area contributed by atoms with E-state index < -0.39 is 0 Å². The van der Waals surface area contributed by atoms with Crippen molar-refractivity contribution in [1.82, 2.24) is 14.8 Å². The monoisotopic (exact) mass is 539 g/mol. The number of aromatic nitrogens is 1. The number of amides is 1. The van der Waals surface area contributed by atoms with Crippen LogP contribution in [-0.4, -0.2) is 46.8 Å². The second-order valence-corrected chi connectivity index (χ2v) is 12.2. The molecule has 1 amide bonds. The number of likely N-dealkylation sites (tertiary alicyclic amines) is 1. The highest BCUT2D eigenvalue weighted by Crippen LogP contribution is 2.31. The topological polar surface area (TPSA) is 37.3 Å². The number of hydrogen-bond acceptors (Lipinski definition) is 3. The van der Waals surface area contributed by atoms with Crippen molar-refractivity contribution in [2.45, 2.75) is 75.5 Å².